The third kappa shape index (κ3) is 11.9. The molecule has 0 heterocycles. The van der Waals surface area contributed by atoms with Crippen LogP contribution in [0.2, 0.25) is 0 Å². The van der Waals surface area contributed by atoms with Gasteiger partial charge in [0.15, 0.2) is 0 Å². The van der Waals surface area contributed by atoms with Crippen molar-refractivity contribution in [3.63, 3.8) is 0 Å². The summed E-state index contributed by atoms with van der Waals surface area (Å²) in [4.78, 5) is 5.16. The maximum atomic E-state index is 5.96. The summed E-state index contributed by atoms with van der Waals surface area (Å²) in [5, 5.41) is 0. The molecule has 0 fully saturated rings. The smallest absolute Gasteiger partial charge is 0.118 e. The number of hydrogen-bond donors (Lipinski definition) is 0. The van der Waals surface area contributed by atoms with Crippen LogP contribution in [0.3, 0.4) is 0 Å². The number of unbranched alkanes of at least 4 members (excludes halogenated alkanes) is 2. The van der Waals surface area contributed by atoms with Crippen molar-refractivity contribution < 1.29 is 14.2 Å². The summed E-state index contributed by atoms with van der Waals surface area (Å²) in [6, 6.07) is 18.0. The second-order valence-electron chi connectivity index (χ2n) is 10.1. The van der Waals surface area contributed by atoms with Crippen LogP contribution in [-0.2, 0) is 17.6 Å². The van der Waals surface area contributed by atoms with Crippen molar-refractivity contribution in [3.05, 3.63) is 59.7 Å². The maximum absolute atomic E-state index is 5.96. The van der Waals surface area contributed by atoms with Gasteiger partial charge in [0, 0.05) is 25.3 Å². The van der Waals surface area contributed by atoms with Gasteiger partial charge in [-0.1, -0.05) is 38.1 Å². The zero-order valence-corrected chi connectivity index (χ0v) is 24.4. The number of rotatable bonds is 20. The van der Waals surface area contributed by atoms with E-state index in [0.717, 1.165) is 76.6 Å². The van der Waals surface area contributed by atoms with Crippen molar-refractivity contribution in [1.29, 1.82) is 0 Å². The molecule has 5 heteroatoms. The maximum Gasteiger partial charge on any atom is 0.118 e. The van der Waals surface area contributed by atoms with Gasteiger partial charge in [0.2, 0.25) is 0 Å². The molecule has 37 heavy (non-hydrogen) atoms. The molecule has 0 radical (unpaired) electrons. The first-order chi connectivity index (χ1) is 18.0. The van der Waals surface area contributed by atoms with E-state index in [1.807, 2.05) is 0 Å². The van der Waals surface area contributed by atoms with E-state index in [2.05, 4.69) is 86.0 Å². The van der Waals surface area contributed by atoms with Crippen molar-refractivity contribution in [1.82, 2.24) is 9.80 Å². The Labute approximate surface area is 227 Å². The minimum Gasteiger partial charge on any atom is -0.497 e. The monoisotopic (exact) mass is 512 g/mol. The first-order valence-corrected chi connectivity index (χ1v) is 14.3. The largest absolute Gasteiger partial charge is 0.497 e. The van der Waals surface area contributed by atoms with E-state index in [1.54, 1.807) is 14.2 Å². The number of methoxy groups -OCH3 is 2. The van der Waals surface area contributed by atoms with Gasteiger partial charge >= 0.3 is 0 Å². The van der Waals surface area contributed by atoms with Crippen LogP contribution < -0.4 is 9.47 Å². The fourth-order valence-corrected chi connectivity index (χ4v) is 4.98. The van der Waals surface area contributed by atoms with Crippen molar-refractivity contribution in [2.45, 2.75) is 78.3 Å². The molecule has 5 nitrogen and oxygen atoms in total. The minimum atomic E-state index is 0.535. The van der Waals surface area contributed by atoms with Gasteiger partial charge in [-0.2, -0.15) is 0 Å². The van der Waals surface area contributed by atoms with E-state index in [0.29, 0.717) is 12.1 Å². The summed E-state index contributed by atoms with van der Waals surface area (Å²) in [6.45, 7) is 15.4. The lowest BCUT2D eigenvalue weighted by Gasteiger charge is -2.28. The fourth-order valence-electron chi connectivity index (χ4n) is 4.98. The fraction of sp³-hybridized carbons (Fsp3) is 0.625. The van der Waals surface area contributed by atoms with Gasteiger partial charge in [0.05, 0.1) is 14.2 Å². The molecule has 0 spiro atoms. The van der Waals surface area contributed by atoms with E-state index < -0.39 is 0 Å². The molecule has 0 aliphatic rings. The highest BCUT2D eigenvalue weighted by atomic mass is 16.5. The lowest BCUT2D eigenvalue weighted by atomic mass is 10.1. The van der Waals surface area contributed by atoms with E-state index in [1.165, 1.54) is 24.0 Å². The minimum absolute atomic E-state index is 0.535. The molecule has 0 aliphatic heterocycles. The van der Waals surface area contributed by atoms with E-state index in [-0.39, 0.29) is 0 Å². The molecule has 0 saturated heterocycles. The van der Waals surface area contributed by atoms with Gasteiger partial charge in [0.1, 0.15) is 11.5 Å². The molecule has 0 saturated carbocycles. The summed E-state index contributed by atoms with van der Waals surface area (Å²) >= 11 is 0. The predicted octanol–water partition coefficient (Wildman–Crippen LogP) is 6.49. The Morgan fingerprint density at radius 2 is 0.973 bits per heavy atom. The standard InChI is InChI=1S/C32H52N2O3/c1-7-33(27(3)25-29-13-17-31(35-5)18-14-29)21-9-11-23-37-24-12-10-22-34(8-2)28(4)26-30-15-19-32(36-6)20-16-30/h13-20,27-28H,7-12,21-26H2,1-6H3. The molecular formula is C32H52N2O3. The predicted molar refractivity (Wildman–Crippen MR) is 156 cm³/mol. The quantitative estimate of drug-likeness (QED) is 0.190. The summed E-state index contributed by atoms with van der Waals surface area (Å²) in [7, 11) is 3.43. The van der Waals surface area contributed by atoms with Crippen LogP contribution in [0, 0.1) is 0 Å². The number of ether oxygens (including phenoxy) is 3. The third-order valence-corrected chi connectivity index (χ3v) is 7.41. The molecule has 0 bridgehead atoms. The van der Waals surface area contributed by atoms with Gasteiger partial charge in [-0.05, 0) is 114 Å². The van der Waals surface area contributed by atoms with E-state index in [9.17, 15) is 0 Å². The van der Waals surface area contributed by atoms with Crippen molar-refractivity contribution in [2.75, 3.05) is 53.6 Å². The molecule has 0 aromatic heterocycles. The second kappa shape index (κ2) is 18.2. The molecule has 2 aromatic carbocycles. The van der Waals surface area contributed by atoms with Gasteiger partial charge in [-0.3, -0.25) is 0 Å². The highest BCUT2D eigenvalue weighted by Gasteiger charge is 2.13. The molecule has 0 N–H and O–H groups in total. The molecule has 0 aliphatic carbocycles. The summed E-state index contributed by atoms with van der Waals surface area (Å²) in [6.07, 6.45) is 6.78. The number of nitrogens with zero attached hydrogens (tertiary/aromatic N) is 2. The molecule has 0 amide bonds. The Balaban J connectivity index is 1.54. The lowest BCUT2D eigenvalue weighted by molar-refractivity contribution is 0.116. The Morgan fingerprint density at radius 3 is 1.30 bits per heavy atom. The van der Waals surface area contributed by atoms with Gasteiger partial charge in [-0.25, -0.2) is 0 Å². The van der Waals surface area contributed by atoms with Crippen LogP contribution in [0.5, 0.6) is 11.5 Å². The second-order valence-corrected chi connectivity index (χ2v) is 10.1. The SMILES string of the molecule is CCN(CCCCOCCCCN(CC)C(C)Cc1ccc(OC)cc1)C(C)Cc1ccc(OC)cc1. The summed E-state index contributed by atoms with van der Waals surface area (Å²) < 4.78 is 16.5. The van der Waals surface area contributed by atoms with Crippen molar-refractivity contribution >= 4 is 0 Å². The van der Waals surface area contributed by atoms with Crippen molar-refractivity contribution in [2.24, 2.45) is 0 Å². The van der Waals surface area contributed by atoms with Crippen LogP contribution in [0.1, 0.15) is 64.5 Å². The normalized spacial score (nSPS) is 13.2. The first kappa shape index (κ1) is 31.1. The summed E-state index contributed by atoms with van der Waals surface area (Å²) in [5.74, 6) is 1.84. The van der Waals surface area contributed by atoms with Crippen LogP contribution >= 0.6 is 0 Å². The number of likely N-dealkylation sites (N-methyl/N-ethyl adjacent to an activating group) is 2. The molecule has 2 unspecified atom stereocenters. The molecular weight excluding hydrogens is 460 g/mol. The molecule has 2 rings (SSSR count). The van der Waals surface area contributed by atoms with E-state index in [4.69, 9.17) is 14.2 Å². The Bertz CT molecular complexity index is 755. The third-order valence-electron chi connectivity index (χ3n) is 7.41. The number of hydrogen-bond acceptors (Lipinski definition) is 5. The van der Waals surface area contributed by atoms with Crippen LogP contribution in [0.15, 0.2) is 48.5 Å². The average Bonchev–Trinajstić information content (AvgIpc) is 2.92. The molecule has 208 valence electrons. The van der Waals surface area contributed by atoms with Crippen LogP contribution in [-0.4, -0.2) is 75.5 Å². The highest BCUT2D eigenvalue weighted by Crippen LogP contribution is 2.16. The van der Waals surface area contributed by atoms with Crippen LogP contribution in [0.4, 0.5) is 0 Å². The Morgan fingerprint density at radius 1 is 0.595 bits per heavy atom. The average molecular weight is 513 g/mol. The van der Waals surface area contributed by atoms with Gasteiger partial charge in [0.25, 0.3) is 0 Å². The van der Waals surface area contributed by atoms with Gasteiger partial charge in [-0.15, -0.1) is 0 Å². The Kier molecular flexibility index (Phi) is 15.3. The lowest BCUT2D eigenvalue weighted by Crippen LogP contribution is -2.35. The van der Waals surface area contributed by atoms with Crippen LogP contribution in [0.25, 0.3) is 0 Å². The van der Waals surface area contributed by atoms with Crippen molar-refractivity contribution in [3.8, 4) is 11.5 Å². The first-order valence-electron chi connectivity index (χ1n) is 14.3. The highest BCUT2D eigenvalue weighted by molar-refractivity contribution is 5.28. The Hall–Kier alpha value is -2.08. The summed E-state index contributed by atoms with van der Waals surface area (Å²) in [5.41, 5.74) is 2.73. The van der Waals surface area contributed by atoms with E-state index >= 15 is 0 Å². The zero-order chi connectivity index (χ0) is 26.9. The molecule has 2 atom stereocenters. The topological polar surface area (TPSA) is 34.2 Å². The molecule has 2 aromatic rings. The number of benzene rings is 2. The van der Waals surface area contributed by atoms with Gasteiger partial charge < -0.3 is 24.0 Å². The zero-order valence-electron chi connectivity index (χ0n) is 24.4.